The van der Waals surface area contributed by atoms with Gasteiger partial charge in [-0.3, -0.25) is 9.59 Å². The minimum atomic E-state index is -4.60. The number of amides is 2. The Balaban J connectivity index is 2.85. The summed E-state index contributed by atoms with van der Waals surface area (Å²) in [6, 6.07) is 2.21. The number of benzene rings is 1. The molecule has 0 aliphatic heterocycles. The molecule has 0 heterocycles. The Labute approximate surface area is 149 Å². The largest absolute Gasteiger partial charge is 0.417 e. The van der Waals surface area contributed by atoms with Crippen LogP contribution in [0.4, 0.5) is 13.2 Å². The highest BCUT2D eigenvalue weighted by Crippen LogP contribution is 2.36. The lowest BCUT2D eigenvalue weighted by Gasteiger charge is -2.25. The van der Waals surface area contributed by atoms with E-state index in [9.17, 15) is 27.9 Å². The summed E-state index contributed by atoms with van der Waals surface area (Å²) >= 11 is 8.68. The third kappa shape index (κ3) is 5.09. The number of nitrogens with one attached hydrogen (secondary N) is 1. The molecule has 0 spiro atoms. The highest BCUT2D eigenvalue weighted by molar-refractivity contribution is 9.09. The number of halogens is 5. The molecular formula is C14H15BrClF3N2O3. The average Bonchev–Trinajstić information content (AvgIpc) is 2.52. The van der Waals surface area contributed by atoms with Crippen molar-refractivity contribution in [1.82, 2.24) is 10.2 Å². The molecule has 1 aromatic carbocycles. The monoisotopic (exact) mass is 430 g/mol. The third-order valence-corrected chi connectivity index (χ3v) is 4.21. The maximum atomic E-state index is 12.8. The van der Waals surface area contributed by atoms with E-state index in [1.54, 1.807) is 0 Å². The zero-order valence-electron chi connectivity index (χ0n) is 12.5. The van der Waals surface area contributed by atoms with Crippen LogP contribution >= 0.6 is 27.5 Å². The van der Waals surface area contributed by atoms with Gasteiger partial charge in [-0.25, -0.2) is 0 Å². The SMILES string of the molecule is CN(C(=O)CBr)[C@@H](CO)C(=O)NCc1cccc(C(F)(F)F)c1Cl. The molecule has 0 aliphatic rings. The van der Waals surface area contributed by atoms with Crippen LogP contribution in [0.15, 0.2) is 18.2 Å². The van der Waals surface area contributed by atoms with Crippen LogP contribution in [-0.2, 0) is 22.3 Å². The molecule has 0 saturated heterocycles. The number of hydrogen-bond acceptors (Lipinski definition) is 3. The van der Waals surface area contributed by atoms with E-state index in [0.29, 0.717) is 0 Å². The number of nitrogens with zero attached hydrogens (tertiary/aromatic N) is 1. The smallest absolute Gasteiger partial charge is 0.394 e. The van der Waals surface area contributed by atoms with Gasteiger partial charge in [0.2, 0.25) is 11.8 Å². The maximum absolute atomic E-state index is 12.8. The van der Waals surface area contributed by atoms with Crippen molar-refractivity contribution in [2.24, 2.45) is 0 Å². The molecule has 24 heavy (non-hydrogen) atoms. The first-order valence-electron chi connectivity index (χ1n) is 6.68. The zero-order valence-corrected chi connectivity index (χ0v) is 14.9. The van der Waals surface area contributed by atoms with E-state index in [1.165, 1.54) is 19.2 Å². The van der Waals surface area contributed by atoms with E-state index in [4.69, 9.17) is 11.6 Å². The minimum absolute atomic E-state index is 0.0350. The molecule has 0 radical (unpaired) electrons. The normalized spacial score (nSPS) is 12.6. The zero-order chi connectivity index (χ0) is 18.5. The summed E-state index contributed by atoms with van der Waals surface area (Å²) in [5, 5.41) is 11.1. The summed E-state index contributed by atoms with van der Waals surface area (Å²) in [6.45, 7) is -0.897. The third-order valence-electron chi connectivity index (χ3n) is 3.29. The second-order valence-electron chi connectivity index (χ2n) is 4.83. The van der Waals surface area contributed by atoms with Crippen LogP contribution in [0.3, 0.4) is 0 Å². The van der Waals surface area contributed by atoms with Gasteiger partial charge in [-0.2, -0.15) is 13.2 Å². The number of likely N-dealkylation sites (N-methyl/N-ethyl adjacent to an activating group) is 1. The van der Waals surface area contributed by atoms with Gasteiger partial charge in [-0.15, -0.1) is 0 Å². The van der Waals surface area contributed by atoms with Gasteiger partial charge in [-0.1, -0.05) is 39.7 Å². The fourth-order valence-electron chi connectivity index (χ4n) is 1.88. The molecule has 0 fully saturated rings. The summed E-state index contributed by atoms with van der Waals surface area (Å²) in [5.74, 6) is -1.14. The summed E-state index contributed by atoms with van der Waals surface area (Å²) in [7, 11) is 1.33. The van der Waals surface area contributed by atoms with Gasteiger partial charge in [0.25, 0.3) is 0 Å². The fourth-order valence-corrected chi connectivity index (χ4v) is 2.58. The molecule has 2 N–H and O–H groups in total. The number of carbonyl (C=O) groups excluding carboxylic acids is 2. The quantitative estimate of drug-likeness (QED) is 0.679. The molecule has 1 rings (SSSR count). The molecule has 0 unspecified atom stereocenters. The first kappa shape index (κ1) is 20.7. The lowest BCUT2D eigenvalue weighted by Crippen LogP contribution is -2.50. The standard InChI is InChI=1S/C14H15BrClF3N2O3/c1-21(11(23)5-15)10(7-22)13(24)20-6-8-3-2-4-9(12(8)16)14(17,18)19/h2-4,10,22H,5-7H2,1H3,(H,20,24)/t10-/m0/s1. The van der Waals surface area contributed by atoms with E-state index >= 15 is 0 Å². The van der Waals surface area contributed by atoms with Gasteiger partial charge in [0.15, 0.2) is 0 Å². The van der Waals surface area contributed by atoms with Gasteiger partial charge in [0.05, 0.1) is 22.5 Å². The Kier molecular flexibility index (Phi) is 7.50. The van der Waals surface area contributed by atoms with Crippen molar-refractivity contribution in [3.05, 3.63) is 34.3 Å². The van der Waals surface area contributed by atoms with Crippen LogP contribution < -0.4 is 5.32 Å². The van der Waals surface area contributed by atoms with Crippen molar-refractivity contribution in [3.63, 3.8) is 0 Å². The molecule has 5 nitrogen and oxygen atoms in total. The first-order chi connectivity index (χ1) is 11.1. The molecule has 0 aromatic heterocycles. The Bertz CT molecular complexity index is 613. The number of rotatable bonds is 6. The number of alkyl halides is 4. The van der Waals surface area contributed by atoms with Gasteiger partial charge in [0, 0.05) is 13.6 Å². The number of carbonyl (C=O) groups is 2. The predicted molar refractivity (Wildman–Crippen MR) is 85.7 cm³/mol. The summed E-state index contributed by atoms with van der Waals surface area (Å²) in [6.07, 6.45) is -4.60. The Morgan fingerprint density at radius 1 is 1.42 bits per heavy atom. The molecule has 134 valence electrons. The van der Waals surface area contributed by atoms with Crippen molar-refractivity contribution >= 4 is 39.3 Å². The van der Waals surface area contributed by atoms with E-state index < -0.39 is 41.2 Å². The topological polar surface area (TPSA) is 69.6 Å². The maximum Gasteiger partial charge on any atom is 0.417 e. The van der Waals surface area contributed by atoms with Gasteiger partial charge >= 0.3 is 6.18 Å². The van der Waals surface area contributed by atoms with Crippen LogP contribution in [-0.4, -0.2) is 46.8 Å². The molecular weight excluding hydrogens is 417 g/mol. The van der Waals surface area contributed by atoms with Crippen LogP contribution in [0.1, 0.15) is 11.1 Å². The van der Waals surface area contributed by atoms with Crippen LogP contribution in [0.2, 0.25) is 5.02 Å². The molecule has 0 aliphatic carbocycles. The summed E-state index contributed by atoms with van der Waals surface area (Å²) in [4.78, 5) is 24.6. The van der Waals surface area contributed by atoms with E-state index in [-0.39, 0.29) is 17.4 Å². The van der Waals surface area contributed by atoms with Crippen LogP contribution in [0.25, 0.3) is 0 Å². The number of aliphatic hydroxyl groups excluding tert-OH is 1. The minimum Gasteiger partial charge on any atom is -0.394 e. The lowest BCUT2D eigenvalue weighted by atomic mass is 10.1. The van der Waals surface area contributed by atoms with Gasteiger partial charge < -0.3 is 15.3 Å². The van der Waals surface area contributed by atoms with Crippen molar-refractivity contribution in [1.29, 1.82) is 0 Å². The Morgan fingerprint density at radius 2 is 2.04 bits per heavy atom. The lowest BCUT2D eigenvalue weighted by molar-refractivity contribution is -0.138. The molecule has 2 amide bonds. The van der Waals surface area contributed by atoms with Crippen molar-refractivity contribution in [2.45, 2.75) is 18.8 Å². The molecule has 1 aromatic rings. The van der Waals surface area contributed by atoms with Crippen molar-refractivity contribution < 1.29 is 27.9 Å². The van der Waals surface area contributed by atoms with E-state index in [1.807, 2.05) is 0 Å². The molecule has 10 heteroatoms. The van der Waals surface area contributed by atoms with Crippen LogP contribution in [0.5, 0.6) is 0 Å². The second kappa shape index (κ2) is 8.68. The molecule has 0 bridgehead atoms. The van der Waals surface area contributed by atoms with Gasteiger partial charge in [-0.05, 0) is 11.6 Å². The number of aliphatic hydroxyl groups is 1. The van der Waals surface area contributed by atoms with Crippen molar-refractivity contribution in [3.8, 4) is 0 Å². The van der Waals surface area contributed by atoms with E-state index in [2.05, 4.69) is 21.2 Å². The second-order valence-corrected chi connectivity index (χ2v) is 5.77. The Hall–Kier alpha value is -1.32. The Morgan fingerprint density at radius 3 is 2.54 bits per heavy atom. The number of hydrogen-bond donors (Lipinski definition) is 2. The fraction of sp³-hybridized carbons (Fsp3) is 0.429. The summed E-state index contributed by atoms with van der Waals surface area (Å²) in [5.41, 5.74) is -0.924. The highest BCUT2D eigenvalue weighted by atomic mass is 79.9. The summed E-state index contributed by atoms with van der Waals surface area (Å²) < 4.78 is 38.4. The van der Waals surface area contributed by atoms with Crippen molar-refractivity contribution in [2.75, 3.05) is 19.0 Å². The predicted octanol–water partition coefficient (Wildman–Crippen LogP) is 2.19. The molecule has 0 saturated carbocycles. The molecule has 1 atom stereocenters. The van der Waals surface area contributed by atoms with E-state index in [0.717, 1.165) is 11.0 Å². The highest BCUT2D eigenvalue weighted by Gasteiger charge is 2.34. The van der Waals surface area contributed by atoms with Crippen LogP contribution in [0, 0.1) is 0 Å². The van der Waals surface area contributed by atoms with Gasteiger partial charge in [0.1, 0.15) is 6.04 Å². The average molecular weight is 432 g/mol. The first-order valence-corrected chi connectivity index (χ1v) is 8.18.